The van der Waals surface area contributed by atoms with Crippen molar-refractivity contribution in [3.8, 4) is 11.4 Å². The number of H-pyrrole nitrogens is 1. The smallest absolute Gasteiger partial charge is 0.204 e. The molecule has 6 nitrogen and oxygen atoms in total. The molecule has 0 fully saturated rings. The van der Waals surface area contributed by atoms with Crippen molar-refractivity contribution in [2.75, 3.05) is 0 Å². The predicted molar refractivity (Wildman–Crippen MR) is 54.0 cm³/mol. The Morgan fingerprint density at radius 1 is 1.47 bits per heavy atom. The van der Waals surface area contributed by atoms with Gasteiger partial charge in [0.1, 0.15) is 6.61 Å². The first-order valence-electron chi connectivity index (χ1n) is 4.31. The summed E-state index contributed by atoms with van der Waals surface area (Å²) in [6.45, 7) is 3.62. The van der Waals surface area contributed by atoms with Gasteiger partial charge in [-0.15, -0.1) is 15.4 Å². The summed E-state index contributed by atoms with van der Waals surface area (Å²) < 4.78 is 0. The third-order valence-electron chi connectivity index (χ3n) is 1.85. The quantitative estimate of drug-likeness (QED) is 0.594. The van der Waals surface area contributed by atoms with Crippen LogP contribution in [-0.4, -0.2) is 27.3 Å². The van der Waals surface area contributed by atoms with Crippen molar-refractivity contribution in [1.82, 2.24) is 20.6 Å². The first-order chi connectivity index (χ1) is 7.40. The van der Waals surface area contributed by atoms with E-state index in [0.29, 0.717) is 12.4 Å². The van der Waals surface area contributed by atoms with Crippen LogP contribution in [0.4, 0.5) is 0 Å². The van der Waals surface area contributed by atoms with Crippen LogP contribution in [0, 0.1) is 0 Å². The van der Waals surface area contributed by atoms with Gasteiger partial charge in [-0.05, 0) is 16.8 Å². The zero-order chi connectivity index (χ0) is 10.5. The van der Waals surface area contributed by atoms with Gasteiger partial charge in [0.25, 0.3) is 0 Å². The summed E-state index contributed by atoms with van der Waals surface area (Å²) >= 11 is 0. The van der Waals surface area contributed by atoms with Crippen molar-refractivity contribution in [1.29, 1.82) is 0 Å². The number of nitrogens with zero attached hydrogens (tertiary/aromatic N) is 4. The molecule has 2 aromatic rings. The number of aromatic amines is 1. The van der Waals surface area contributed by atoms with Gasteiger partial charge in [0.2, 0.25) is 5.82 Å². The summed E-state index contributed by atoms with van der Waals surface area (Å²) in [4.78, 5) is 4.84. The Labute approximate surface area is 86.0 Å². The third kappa shape index (κ3) is 2.16. The van der Waals surface area contributed by atoms with Gasteiger partial charge < -0.3 is 4.84 Å². The number of hydrogen-bond donors (Lipinski definition) is 1. The largest absolute Gasteiger partial charge is 0.391 e. The van der Waals surface area contributed by atoms with E-state index in [4.69, 9.17) is 4.84 Å². The second-order valence-corrected chi connectivity index (χ2v) is 2.84. The van der Waals surface area contributed by atoms with Gasteiger partial charge in [0, 0.05) is 12.3 Å². The molecule has 0 aliphatic heterocycles. The summed E-state index contributed by atoms with van der Waals surface area (Å²) in [5.74, 6) is 0.559. The molecule has 1 N–H and O–H groups in total. The summed E-state index contributed by atoms with van der Waals surface area (Å²) in [5, 5.41) is 17.0. The van der Waals surface area contributed by atoms with Gasteiger partial charge in [-0.2, -0.15) is 5.21 Å². The SMILES string of the molecule is C=NOCc1cccc(-c2nn[nH]n2)c1. The van der Waals surface area contributed by atoms with E-state index in [-0.39, 0.29) is 0 Å². The van der Waals surface area contributed by atoms with Crippen molar-refractivity contribution >= 4 is 6.72 Å². The third-order valence-corrected chi connectivity index (χ3v) is 1.85. The highest BCUT2D eigenvalue weighted by Crippen LogP contribution is 2.15. The van der Waals surface area contributed by atoms with Crippen molar-refractivity contribution < 1.29 is 4.84 Å². The molecule has 0 radical (unpaired) electrons. The number of tetrazole rings is 1. The van der Waals surface area contributed by atoms with Crippen LogP contribution >= 0.6 is 0 Å². The predicted octanol–water partition coefficient (Wildman–Crippen LogP) is 0.999. The molecule has 15 heavy (non-hydrogen) atoms. The van der Waals surface area contributed by atoms with Crippen molar-refractivity contribution in [2.24, 2.45) is 5.16 Å². The van der Waals surface area contributed by atoms with Gasteiger partial charge in [-0.25, -0.2) is 0 Å². The van der Waals surface area contributed by atoms with Crippen LogP contribution in [0.5, 0.6) is 0 Å². The highest BCUT2D eigenvalue weighted by molar-refractivity contribution is 5.54. The van der Waals surface area contributed by atoms with Gasteiger partial charge in [0.15, 0.2) is 0 Å². The lowest BCUT2D eigenvalue weighted by atomic mass is 10.1. The van der Waals surface area contributed by atoms with Crippen LogP contribution in [0.3, 0.4) is 0 Å². The summed E-state index contributed by atoms with van der Waals surface area (Å²) in [6, 6.07) is 7.63. The Balaban J connectivity index is 2.23. The number of nitrogens with one attached hydrogen (secondary N) is 1. The lowest BCUT2D eigenvalue weighted by Gasteiger charge is -2.00. The fraction of sp³-hybridized carbons (Fsp3) is 0.111. The topological polar surface area (TPSA) is 76.1 Å². The minimum Gasteiger partial charge on any atom is -0.391 e. The number of benzene rings is 1. The van der Waals surface area contributed by atoms with Gasteiger partial charge >= 0.3 is 0 Å². The maximum absolute atomic E-state index is 4.84. The van der Waals surface area contributed by atoms with Crippen LogP contribution in [0.2, 0.25) is 0 Å². The number of oxime groups is 1. The molecule has 0 aliphatic carbocycles. The summed E-state index contributed by atoms with van der Waals surface area (Å²) in [7, 11) is 0. The van der Waals surface area contributed by atoms with Crippen LogP contribution in [0.15, 0.2) is 29.4 Å². The Hall–Kier alpha value is -2.24. The maximum Gasteiger partial charge on any atom is 0.204 e. The molecule has 0 saturated carbocycles. The minimum atomic E-state index is 0.384. The van der Waals surface area contributed by atoms with E-state index in [2.05, 4.69) is 32.5 Å². The standard InChI is InChI=1S/C9H9N5O/c1-10-15-6-7-3-2-4-8(5-7)9-11-13-14-12-9/h2-5H,1,6H2,(H,11,12,13,14). The van der Waals surface area contributed by atoms with Crippen LogP contribution in [0.1, 0.15) is 5.56 Å². The molecular weight excluding hydrogens is 194 g/mol. The fourth-order valence-corrected chi connectivity index (χ4v) is 1.20. The number of hydrogen-bond acceptors (Lipinski definition) is 5. The molecular formula is C9H9N5O. The van der Waals surface area contributed by atoms with E-state index < -0.39 is 0 Å². The summed E-state index contributed by atoms with van der Waals surface area (Å²) in [6.07, 6.45) is 0. The molecule has 0 saturated heterocycles. The summed E-state index contributed by atoms with van der Waals surface area (Å²) in [5.41, 5.74) is 1.86. The Morgan fingerprint density at radius 3 is 3.13 bits per heavy atom. The van der Waals surface area contributed by atoms with Crippen LogP contribution in [-0.2, 0) is 11.4 Å². The van der Waals surface area contributed by atoms with E-state index in [0.717, 1.165) is 11.1 Å². The molecule has 1 aromatic heterocycles. The lowest BCUT2D eigenvalue weighted by molar-refractivity contribution is 0.133. The molecule has 0 amide bonds. The molecule has 1 heterocycles. The number of aromatic nitrogens is 4. The fourth-order valence-electron chi connectivity index (χ4n) is 1.20. The normalized spacial score (nSPS) is 9.87. The monoisotopic (exact) mass is 203 g/mol. The van der Waals surface area contributed by atoms with Crippen molar-refractivity contribution in [2.45, 2.75) is 6.61 Å². The molecule has 0 atom stereocenters. The molecule has 1 aromatic carbocycles. The molecule has 2 rings (SSSR count). The van der Waals surface area contributed by atoms with E-state index in [9.17, 15) is 0 Å². The van der Waals surface area contributed by atoms with Crippen molar-refractivity contribution in [3.63, 3.8) is 0 Å². The molecule has 0 unspecified atom stereocenters. The first-order valence-corrected chi connectivity index (χ1v) is 4.31. The zero-order valence-electron chi connectivity index (χ0n) is 7.92. The molecule has 0 bridgehead atoms. The van der Waals surface area contributed by atoms with Crippen LogP contribution < -0.4 is 0 Å². The van der Waals surface area contributed by atoms with E-state index in [1.165, 1.54) is 0 Å². The lowest BCUT2D eigenvalue weighted by Crippen LogP contribution is -1.88. The first kappa shape index (κ1) is 9.32. The van der Waals surface area contributed by atoms with E-state index in [1.54, 1.807) is 0 Å². The highest BCUT2D eigenvalue weighted by atomic mass is 16.6. The van der Waals surface area contributed by atoms with Gasteiger partial charge in [-0.1, -0.05) is 18.2 Å². The molecule has 0 aliphatic rings. The Bertz CT molecular complexity index is 440. The minimum absolute atomic E-state index is 0.384. The molecule has 6 heteroatoms. The average molecular weight is 203 g/mol. The second-order valence-electron chi connectivity index (χ2n) is 2.84. The number of rotatable bonds is 4. The van der Waals surface area contributed by atoms with Gasteiger partial charge in [0.05, 0.1) is 0 Å². The highest BCUT2D eigenvalue weighted by Gasteiger charge is 2.03. The van der Waals surface area contributed by atoms with E-state index >= 15 is 0 Å². The van der Waals surface area contributed by atoms with Crippen LogP contribution in [0.25, 0.3) is 11.4 Å². The second kappa shape index (κ2) is 4.32. The van der Waals surface area contributed by atoms with E-state index in [1.807, 2.05) is 24.3 Å². The zero-order valence-corrected chi connectivity index (χ0v) is 7.92. The van der Waals surface area contributed by atoms with Crippen molar-refractivity contribution in [3.05, 3.63) is 29.8 Å². The molecule has 0 spiro atoms. The Kier molecular flexibility index (Phi) is 2.68. The Morgan fingerprint density at radius 2 is 2.40 bits per heavy atom. The maximum atomic E-state index is 4.84. The van der Waals surface area contributed by atoms with Gasteiger partial charge in [-0.3, -0.25) is 0 Å². The molecule has 76 valence electrons. The average Bonchev–Trinajstić information content (AvgIpc) is 2.80.